The second-order valence-corrected chi connectivity index (χ2v) is 8.87. The Balaban J connectivity index is 1.74. The van der Waals surface area contributed by atoms with Crippen molar-refractivity contribution in [3.8, 4) is 34.4 Å². The summed E-state index contributed by atoms with van der Waals surface area (Å²) < 4.78 is 6.27. The molecule has 0 unspecified atom stereocenters. The molecule has 0 bridgehead atoms. The molecule has 37 heavy (non-hydrogen) atoms. The highest BCUT2D eigenvalue weighted by molar-refractivity contribution is 6.24. The van der Waals surface area contributed by atoms with Crippen molar-refractivity contribution >= 4 is 43.5 Å². The summed E-state index contributed by atoms with van der Waals surface area (Å²) in [5, 5.41) is 25.3. The number of rotatable bonds is 2. The molecule has 0 aliphatic heterocycles. The van der Waals surface area contributed by atoms with E-state index in [9.17, 15) is 10.5 Å². The van der Waals surface area contributed by atoms with Gasteiger partial charge in [-0.25, -0.2) is 9.97 Å². The summed E-state index contributed by atoms with van der Waals surface area (Å²) in [6.07, 6.45) is 3.35. The van der Waals surface area contributed by atoms with E-state index < -0.39 is 0 Å². The number of para-hydroxylation sites is 1. The smallest absolute Gasteiger partial charge is 0.141 e. The third-order valence-corrected chi connectivity index (χ3v) is 6.85. The molecule has 5 heteroatoms. The van der Waals surface area contributed by atoms with Gasteiger partial charge >= 0.3 is 0 Å². The number of nitrogens with zero attached hydrogens (tertiary/aromatic N) is 4. The van der Waals surface area contributed by atoms with E-state index in [-0.39, 0.29) is 0 Å². The van der Waals surface area contributed by atoms with E-state index in [1.807, 2.05) is 54.6 Å². The fourth-order valence-electron chi connectivity index (χ4n) is 5.31. The molecule has 3 aromatic heterocycles. The van der Waals surface area contributed by atoms with Crippen LogP contribution in [-0.4, -0.2) is 9.97 Å². The lowest BCUT2D eigenvalue weighted by atomic mass is 9.85. The highest BCUT2D eigenvalue weighted by Crippen LogP contribution is 2.46. The van der Waals surface area contributed by atoms with E-state index in [0.717, 1.165) is 65.7 Å². The molecular weight excluding hydrogens is 456 g/mol. The molecule has 5 nitrogen and oxygen atoms in total. The SMILES string of the molecule is N#Cc1cc(-c2c3ccccc3c(-c3ccnc(C#N)c3)c3cc4c(cc23)oc2ccccc24)ccn1. The molecule has 170 valence electrons. The van der Waals surface area contributed by atoms with Crippen LogP contribution in [0.2, 0.25) is 0 Å². The molecule has 0 aliphatic rings. The molecular formula is C32H16N4O. The van der Waals surface area contributed by atoms with Crippen LogP contribution in [0.15, 0.2) is 102 Å². The first-order valence-electron chi connectivity index (χ1n) is 11.8. The van der Waals surface area contributed by atoms with Gasteiger partial charge in [-0.1, -0.05) is 42.5 Å². The zero-order valence-electron chi connectivity index (χ0n) is 19.4. The summed E-state index contributed by atoms with van der Waals surface area (Å²) in [7, 11) is 0. The van der Waals surface area contributed by atoms with E-state index in [0.29, 0.717) is 11.4 Å². The van der Waals surface area contributed by atoms with Gasteiger partial charge in [0.1, 0.15) is 34.7 Å². The van der Waals surface area contributed by atoms with Gasteiger partial charge in [-0.15, -0.1) is 0 Å². The molecule has 0 amide bonds. The van der Waals surface area contributed by atoms with Gasteiger partial charge in [0.25, 0.3) is 0 Å². The Hall–Kier alpha value is -5.52. The van der Waals surface area contributed by atoms with Crippen molar-refractivity contribution in [2.75, 3.05) is 0 Å². The number of hydrogen-bond acceptors (Lipinski definition) is 5. The predicted octanol–water partition coefficient (Wildman–Crippen LogP) is 7.76. The van der Waals surface area contributed by atoms with E-state index in [4.69, 9.17) is 4.42 Å². The summed E-state index contributed by atoms with van der Waals surface area (Å²) in [4.78, 5) is 8.39. The zero-order valence-corrected chi connectivity index (χ0v) is 19.4. The van der Waals surface area contributed by atoms with Crippen molar-refractivity contribution in [3.05, 3.63) is 109 Å². The highest BCUT2D eigenvalue weighted by atomic mass is 16.3. The molecule has 0 radical (unpaired) electrons. The fraction of sp³-hybridized carbons (Fsp3) is 0. The number of fused-ring (bicyclic) bond motifs is 5. The topological polar surface area (TPSA) is 86.5 Å². The molecule has 0 atom stereocenters. The van der Waals surface area contributed by atoms with Gasteiger partial charge in [0.05, 0.1) is 0 Å². The van der Waals surface area contributed by atoms with Gasteiger partial charge in [-0.2, -0.15) is 10.5 Å². The predicted molar refractivity (Wildman–Crippen MR) is 145 cm³/mol. The Bertz CT molecular complexity index is 2130. The van der Waals surface area contributed by atoms with Crippen LogP contribution in [0.3, 0.4) is 0 Å². The van der Waals surface area contributed by atoms with Gasteiger partial charge in [-0.05, 0) is 86.3 Å². The Kier molecular flexibility index (Phi) is 4.51. The maximum Gasteiger partial charge on any atom is 0.141 e. The number of hydrogen-bond donors (Lipinski definition) is 0. The lowest BCUT2D eigenvalue weighted by Crippen LogP contribution is -1.93. The van der Waals surface area contributed by atoms with Crippen LogP contribution in [0.5, 0.6) is 0 Å². The molecule has 0 spiro atoms. The summed E-state index contributed by atoms with van der Waals surface area (Å²) in [6.45, 7) is 0. The van der Waals surface area contributed by atoms with Crippen molar-refractivity contribution in [2.24, 2.45) is 0 Å². The van der Waals surface area contributed by atoms with Gasteiger partial charge in [0, 0.05) is 23.2 Å². The largest absolute Gasteiger partial charge is 0.456 e. The van der Waals surface area contributed by atoms with Crippen LogP contribution < -0.4 is 0 Å². The monoisotopic (exact) mass is 472 g/mol. The molecule has 0 saturated carbocycles. The third kappa shape index (κ3) is 3.16. The lowest BCUT2D eigenvalue weighted by Gasteiger charge is -2.18. The first-order chi connectivity index (χ1) is 18.2. The molecule has 7 aromatic rings. The zero-order chi connectivity index (χ0) is 24.9. The summed E-state index contributed by atoms with van der Waals surface area (Å²) >= 11 is 0. The van der Waals surface area contributed by atoms with Crippen LogP contribution in [-0.2, 0) is 0 Å². The number of benzene rings is 4. The van der Waals surface area contributed by atoms with Gasteiger partial charge in [-0.3, -0.25) is 0 Å². The van der Waals surface area contributed by atoms with Crippen molar-refractivity contribution in [2.45, 2.75) is 0 Å². The van der Waals surface area contributed by atoms with Crippen LogP contribution in [0.25, 0.3) is 65.7 Å². The van der Waals surface area contributed by atoms with Crippen LogP contribution in [0.4, 0.5) is 0 Å². The maximum absolute atomic E-state index is 9.55. The average Bonchev–Trinajstić information content (AvgIpc) is 3.32. The van der Waals surface area contributed by atoms with Gasteiger partial charge in [0.15, 0.2) is 0 Å². The van der Waals surface area contributed by atoms with Crippen LogP contribution in [0.1, 0.15) is 11.4 Å². The Morgan fingerprint density at radius 1 is 0.514 bits per heavy atom. The second-order valence-electron chi connectivity index (χ2n) is 8.87. The van der Waals surface area contributed by atoms with Crippen LogP contribution in [0, 0.1) is 22.7 Å². The van der Waals surface area contributed by atoms with E-state index in [1.165, 1.54) is 0 Å². The standard InChI is InChI=1S/C32H16N4O/c33-17-21-13-19(9-11-35-21)31-24-6-1-2-7-25(24)32(20-10-12-36-22(14-20)18-34)28-16-30-26(15-27(28)31)23-5-3-4-8-29(23)37-30/h1-16H. The van der Waals surface area contributed by atoms with Crippen LogP contribution >= 0.6 is 0 Å². The third-order valence-electron chi connectivity index (χ3n) is 6.85. The first kappa shape index (κ1) is 20.8. The Labute approximate surface area is 211 Å². The highest BCUT2D eigenvalue weighted by Gasteiger charge is 2.20. The van der Waals surface area contributed by atoms with Crippen molar-refractivity contribution in [3.63, 3.8) is 0 Å². The summed E-state index contributed by atoms with van der Waals surface area (Å²) in [5.41, 5.74) is 6.18. The fourth-order valence-corrected chi connectivity index (χ4v) is 5.31. The molecule has 4 aromatic carbocycles. The maximum atomic E-state index is 9.55. The van der Waals surface area contributed by atoms with E-state index >= 15 is 0 Å². The average molecular weight is 473 g/mol. The molecule has 3 heterocycles. The van der Waals surface area contributed by atoms with Gasteiger partial charge < -0.3 is 4.42 Å². The molecule has 0 aliphatic carbocycles. The number of aromatic nitrogens is 2. The van der Waals surface area contributed by atoms with Crippen molar-refractivity contribution < 1.29 is 4.42 Å². The Morgan fingerprint density at radius 2 is 1.05 bits per heavy atom. The Morgan fingerprint density at radius 3 is 1.65 bits per heavy atom. The lowest BCUT2D eigenvalue weighted by molar-refractivity contribution is 0.669. The molecule has 0 N–H and O–H groups in total. The number of furan rings is 1. The molecule has 0 fully saturated rings. The van der Waals surface area contributed by atoms with E-state index in [1.54, 1.807) is 12.4 Å². The van der Waals surface area contributed by atoms with E-state index in [2.05, 4.69) is 52.4 Å². The first-order valence-corrected chi connectivity index (χ1v) is 11.8. The minimum absolute atomic E-state index is 0.358. The summed E-state index contributed by atoms with van der Waals surface area (Å²) in [6, 6.07) is 32.4. The van der Waals surface area contributed by atoms with Gasteiger partial charge in [0.2, 0.25) is 0 Å². The quantitative estimate of drug-likeness (QED) is 0.240. The minimum Gasteiger partial charge on any atom is -0.456 e. The minimum atomic E-state index is 0.358. The van der Waals surface area contributed by atoms with Crippen molar-refractivity contribution in [1.29, 1.82) is 10.5 Å². The number of nitriles is 2. The second kappa shape index (κ2) is 8.02. The molecule has 7 rings (SSSR count). The normalized spacial score (nSPS) is 11.2. The number of pyridine rings is 2. The summed E-state index contributed by atoms with van der Waals surface area (Å²) in [5.74, 6) is 0. The van der Waals surface area contributed by atoms with Crippen molar-refractivity contribution in [1.82, 2.24) is 9.97 Å². The molecule has 0 saturated heterocycles.